The molecular weight excluding hydrogens is 341 g/mol. The van der Waals surface area contributed by atoms with Crippen molar-refractivity contribution in [3.8, 4) is 11.5 Å². The number of benzene rings is 2. The van der Waals surface area contributed by atoms with E-state index in [0.29, 0.717) is 22.6 Å². The van der Waals surface area contributed by atoms with E-state index in [-0.39, 0.29) is 12.0 Å². The van der Waals surface area contributed by atoms with Crippen LogP contribution in [0.5, 0.6) is 11.5 Å². The smallest absolute Gasteiger partial charge is 0.305 e. The van der Waals surface area contributed by atoms with Crippen molar-refractivity contribution in [3.05, 3.63) is 58.9 Å². The molecule has 0 saturated heterocycles. The third-order valence-corrected chi connectivity index (χ3v) is 3.80. The first-order chi connectivity index (χ1) is 12.3. The average Bonchev–Trinajstić information content (AvgIpc) is 2.59. The number of carbonyl (C=O) groups excluding carboxylic acids is 1. The van der Waals surface area contributed by atoms with Gasteiger partial charge in [-0.1, -0.05) is 6.07 Å². The number of aliphatic carboxylic acids is 1. The number of nitrogens with one attached hydrogen (secondary N) is 1. The van der Waals surface area contributed by atoms with E-state index in [4.69, 9.17) is 9.47 Å². The van der Waals surface area contributed by atoms with Gasteiger partial charge in [-0.15, -0.1) is 0 Å². The minimum Gasteiger partial charge on any atom is -0.493 e. The summed E-state index contributed by atoms with van der Waals surface area (Å²) in [7, 11) is 2.95. The molecule has 0 bridgehead atoms. The van der Waals surface area contributed by atoms with Crippen molar-refractivity contribution in [2.75, 3.05) is 14.2 Å². The molecule has 6 nitrogen and oxygen atoms in total. The molecule has 2 aromatic carbocycles. The van der Waals surface area contributed by atoms with Crippen LogP contribution in [0.3, 0.4) is 0 Å². The van der Waals surface area contributed by atoms with Gasteiger partial charge in [0.2, 0.25) is 0 Å². The summed E-state index contributed by atoms with van der Waals surface area (Å²) in [4.78, 5) is 23.7. The molecule has 0 heterocycles. The fraction of sp³-hybridized carbons (Fsp3) is 0.263. The molecule has 0 saturated carbocycles. The highest BCUT2D eigenvalue weighted by Crippen LogP contribution is 2.31. The topological polar surface area (TPSA) is 84.9 Å². The first-order valence-electron chi connectivity index (χ1n) is 7.85. The Morgan fingerprint density at radius 2 is 1.81 bits per heavy atom. The molecule has 1 unspecified atom stereocenters. The summed E-state index contributed by atoms with van der Waals surface area (Å²) in [6.07, 6.45) is -0.338. The van der Waals surface area contributed by atoms with Crippen LogP contribution >= 0.6 is 0 Å². The first kappa shape index (κ1) is 19.2. The van der Waals surface area contributed by atoms with Crippen molar-refractivity contribution in [2.24, 2.45) is 0 Å². The Bertz CT molecular complexity index is 801. The van der Waals surface area contributed by atoms with Crippen molar-refractivity contribution >= 4 is 11.9 Å². The van der Waals surface area contributed by atoms with Gasteiger partial charge in [0.1, 0.15) is 5.82 Å². The van der Waals surface area contributed by atoms with E-state index in [2.05, 4.69) is 5.32 Å². The van der Waals surface area contributed by atoms with Crippen LogP contribution < -0.4 is 14.8 Å². The molecule has 0 aromatic heterocycles. The van der Waals surface area contributed by atoms with Gasteiger partial charge in [0, 0.05) is 5.56 Å². The number of carboxylic acid groups (broad SMARTS) is 1. The largest absolute Gasteiger partial charge is 0.493 e. The van der Waals surface area contributed by atoms with Crippen LogP contribution in [0.1, 0.15) is 33.9 Å². The molecule has 2 N–H and O–H groups in total. The lowest BCUT2D eigenvalue weighted by atomic mass is 10.0. The zero-order chi connectivity index (χ0) is 19.3. The lowest BCUT2D eigenvalue weighted by Crippen LogP contribution is -2.30. The third-order valence-electron chi connectivity index (χ3n) is 3.80. The highest BCUT2D eigenvalue weighted by atomic mass is 19.1. The van der Waals surface area contributed by atoms with Crippen molar-refractivity contribution in [1.29, 1.82) is 0 Å². The number of hydrogen-bond acceptors (Lipinski definition) is 4. The molecule has 0 fully saturated rings. The average molecular weight is 361 g/mol. The second-order valence-corrected chi connectivity index (χ2v) is 5.76. The molecule has 0 aliphatic rings. The van der Waals surface area contributed by atoms with Crippen LogP contribution in [0.25, 0.3) is 0 Å². The summed E-state index contributed by atoms with van der Waals surface area (Å²) in [6, 6.07) is 8.00. The SMILES string of the molecule is COc1ccc(C(CC(=O)O)NC(=O)c2cc(C)cc(F)c2)cc1OC. The molecule has 0 aliphatic carbocycles. The van der Waals surface area contributed by atoms with Gasteiger partial charge >= 0.3 is 5.97 Å². The summed E-state index contributed by atoms with van der Waals surface area (Å²) >= 11 is 0. The molecule has 2 aromatic rings. The zero-order valence-electron chi connectivity index (χ0n) is 14.7. The molecule has 1 atom stereocenters. The van der Waals surface area contributed by atoms with E-state index >= 15 is 0 Å². The lowest BCUT2D eigenvalue weighted by molar-refractivity contribution is -0.137. The monoisotopic (exact) mass is 361 g/mol. The fourth-order valence-corrected chi connectivity index (χ4v) is 2.61. The van der Waals surface area contributed by atoms with Gasteiger partial charge < -0.3 is 19.9 Å². The Kier molecular flexibility index (Phi) is 6.16. The number of ether oxygens (including phenoxy) is 2. The van der Waals surface area contributed by atoms with Gasteiger partial charge in [0.05, 0.1) is 26.7 Å². The van der Waals surface area contributed by atoms with Crippen molar-refractivity contribution in [3.63, 3.8) is 0 Å². The number of hydrogen-bond donors (Lipinski definition) is 2. The summed E-state index contributed by atoms with van der Waals surface area (Å²) in [5.41, 5.74) is 1.25. The summed E-state index contributed by atoms with van der Waals surface area (Å²) in [5.74, 6) is -1.28. The molecule has 1 amide bonds. The van der Waals surface area contributed by atoms with Crippen LogP contribution in [-0.2, 0) is 4.79 Å². The molecule has 0 radical (unpaired) electrons. The second-order valence-electron chi connectivity index (χ2n) is 5.76. The Balaban J connectivity index is 2.32. The summed E-state index contributed by atoms with van der Waals surface area (Å²) < 4.78 is 23.9. The fourth-order valence-electron chi connectivity index (χ4n) is 2.61. The number of methoxy groups -OCH3 is 2. The predicted molar refractivity (Wildman–Crippen MR) is 93.1 cm³/mol. The van der Waals surface area contributed by atoms with Gasteiger partial charge in [0.15, 0.2) is 11.5 Å². The normalized spacial score (nSPS) is 11.5. The van der Waals surface area contributed by atoms with Gasteiger partial charge in [0.25, 0.3) is 5.91 Å². The number of carbonyl (C=O) groups is 2. The third kappa shape index (κ3) is 4.72. The van der Waals surface area contributed by atoms with Gasteiger partial charge in [-0.05, 0) is 48.4 Å². The van der Waals surface area contributed by atoms with E-state index in [1.165, 1.54) is 26.4 Å². The number of amides is 1. The van der Waals surface area contributed by atoms with Crippen LogP contribution in [0.2, 0.25) is 0 Å². The Hall–Kier alpha value is -3.09. The van der Waals surface area contributed by atoms with E-state index in [9.17, 15) is 19.1 Å². The van der Waals surface area contributed by atoms with Crippen molar-refractivity contribution in [2.45, 2.75) is 19.4 Å². The van der Waals surface area contributed by atoms with E-state index in [1.54, 1.807) is 25.1 Å². The maximum absolute atomic E-state index is 13.5. The molecule has 0 aliphatic heterocycles. The molecular formula is C19H20FNO5. The minimum atomic E-state index is -1.08. The first-order valence-corrected chi connectivity index (χ1v) is 7.85. The van der Waals surface area contributed by atoms with Crippen LogP contribution in [0, 0.1) is 12.7 Å². The summed E-state index contributed by atoms with van der Waals surface area (Å²) in [5, 5.41) is 11.8. The molecule has 7 heteroatoms. The highest BCUT2D eigenvalue weighted by molar-refractivity contribution is 5.95. The number of carboxylic acids is 1. The van der Waals surface area contributed by atoms with E-state index in [0.717, 1.165) is 6.07 Å². The Morgan fingerprint density at radius 1 is 1.12 bits per heavy atom. The van der Waals surface area contributed by atoms with Crippen LogP contribution in [0.4, 0.5) is 4.39 Å². The second kappa shape index (κ2) is 8.33. The van der Waals surface area contributed by atoms with Gasteiger partial charge in [-0.3, -0.25) is 9.59 Å². The summed E-state index contributed by atoms with van der Waals surface area (Å²) in [6.45, 7) is 1.67. The number of rotatable bonds is 7. The van der Waals surface area contributed by atoms with Gasteiger partial charge in [-0.2, -0.15) is 0 Å². The van der Waals surface area contributed by atoms with Crippen LogP contribution in [0.15, 0.2) is 36.4 Å². The maximum atomic E-state index is 13.5. The number of halogens is 1. The highest BCUT2D eigenvalue weighted by Gasteiger charge is 2.21. The minimum absolute atomic E-state index is 0.123. The predicted octanol–water partition coefficient (Wildman–Crippen LogP) is 3.10. The molecule has 138 valence electrons. The zero-order valence-corrected chi connectivity index (χ0v) is 14.7. The Labute approximate surface area is 150 Å². The lowest BCUT2D eigenvalue weighted by Gasteiger charge is -2.19. The van der Waals surface area contributed by atoms with Crippen LogP contribution in [-0.4, -0.2) is 31.2 Å². The van der Waals surface area contributed by atoms with Crippen molar-refractivity contribution < 1.29 is 28.6 Å². The quantitative estimate of drug-likeness (QED) is 0.792. The van der Waals surface area contributed by atoms with Gasteiger partial charge in [-0.25, -0.2) is 4.39 Å². The molecule has 0 spiro atoms. The van der Waals surface area contributed by atoms with E-state index < -0.39 is 23.7 Å². The van der Waals surface area contributed by atoms with Crippen molar-refractivity contribution in [1.82, 2.24) is 5.32 Å². The van der Waals surface area contributed by atoms with E-state index in [1.807, 2.05) is 0 Å². The standard InChI is InChI=1S/C19H20FNO5/c1-11-6-13(8-14(20)7-11)19(24)21-15(10-18(22)23)12-4-5-16(25-2)17(9-12)26-3/h4-9,15H,10H2,1-3H3,(H,21,24)(H,22,23). The molecule has 2 rings (SSSR count). The maximum Gasteiger partial charge on any atom is 0.305 e. The molecule has 26 heavy (non-hydrogen) atoms. The number of aryl methyl sites for hydroxylation is 1. The Morgan fingerprint density at radius 3 is 2.38 bits per heavy atom.